The van der Waals surface area contributed by atoms with Gasteiger partial charge in [0.15, 0.2) is 0 Å². The van der Waals surface area contributed by atoms with Crippen molar-refractivity contribution in [3.05, 3.63) is 24.3 Å². The Morgan fingerprint density at radius 2 is 2.00 bits per heavy atom. The fourth-order valence-electron chi connectivity index (χ4n) is 1.45. The van der Waals surface area contributed by atoms with Crippen LogP contribution in [0.4, 0.5) is 5.69 Å². The third-order valence-corrected chi connectivity index (χ3v) is 2.32. The lowest BCUT2D eigenvalue weighted by Gasteiger charge is -2.27. The zero-order valence-corrected chi connectivity index (χ0v) is 9.58. The maximum Gasteiger partial charge on any atom is 0.141 e. The summed E-state index contributed by atoms with van der Waals surface area (Å²) in [5, 5.41) is 12.3. The first-order chi connectivity index (χ1) is 7.09. The number of benzene rings is 1. The van der Waals surface area contributed by atoms with Gasteiger partial charge in [-0.25, -0.2) is 0 Å². The van der Waals surface area contributed by atoms with Crippen molar-refractivity contribution in [3.63, 3.8) is 0 Å². The second kappa shape index (κ2) is 5.03. The summed E-state index contributed by atoms with van der Waals surface area (Å²) in [6.45, 7) is 4.28. The first-order valence-electron chi connectivity index (χ1n) is 5.11. The monoisotopic (exact) mass is 209 g/mol. The zero-order valence-electron chi connectivity index (χ0n) is 9.58. The van der Waals surface area contributed by atoms with Gasteiger partial charge in [-0.3, -0.25) is 0 Å². The molecule has 0 aromatic heterocycles. The Hall–Kier alpha value is -1.22. The molecule has 0 aliphatic carbocycles. The smallest absolute Gasteiger partial charge is 0.141 e. The Morgan fingerprint density at radius 1 is 1.33 bits per heavy atom. The molecule has 1 aromatic rings. The molecule has 15 heavy (non-hydrogen) atoms. The Balaban J connectivity index is 2.79. The van der Waals surface area contributed by atoms with E-state index in [9.17, 15) is 0 Å². The highest BCUT2D eigenvalue weighted by Crippen LogP contribution is 2.27. The van der Waals surface area contributed by atoms with E-state index < -0.39 is 0 Å². The summed E-state index contributed by atoms with van der Waals surface area (Å²) in [5.41, 5.74) is 0.821. The van der Waals surface area contributed by atoms with Gasteiger partial charge in [0.25, 0.3) is 0 Å². The van der Waals surface area contributed by atoms with Crippen molar-refractivity contribution in [2.75, 3.05) is 19.0 Å². The molecule has 1 rings (SSSR count). The summed E-state index contributed by atoms with van der Waals surface area (Å²) in [7, 11) is 1.65. The van der Waals surface area contributed by atoms with E-state index in [-0.39, 0.29) is 12.1 Å². The molecule has 3 heteroatoms. The van der Waals surface area contributed by atoms with Crippen LogP contribution in [0.1, 0.15) is 20.3 Å². The number of methoxy groups -OCH3 is 1. The molecule has 2 N–H and O–H groups in total. The molecule has 84 valence electrons. The summed E-state index contributed by atoms with van der Waals surface area (Å²) in [5.74, 6) is 0.823. The van der Waals surface area contributed by atoms with Crippen LogP contribution in [0.2, 0.25) is 0 Å². The van der Waals surface area contributed by atoms with Crippen molar-refractivity contribution in [2.24, 2.45) is 0 Å². The SMILES string of the molecule is COc1ccccc1NC(C)(C)CCO. The van der Waals surface area contributed by atoms with Crippen molar-refractivity contribution in [3.8, 4) is 5.75 Å². The molecule has 0 aliphatic heterocycles. The molecule has 1 aromatic carbocycles. The maximum atomic E-state index is 8.94. The van der Waals surface area contributed by atoms with Crippen molar-refractivity contribution in [1.29, 1.82) is 0 Å². The predicted octanol–water partition coefficient (Wildman–Crippen LogP) is 2.27. The van der Waals surface area contributed by atoms with Crippen LogP contribution < -0.4 is 10.1 Å². The minimum Gasteiger partial charge on any atom is -0.495 e. The minimum absolute atomic E-state index is 0.136. The highest BCUT2D eigenvalue weighted by atomic mass is 16.5. The Morgan fingerprint density at radius 3 is 2.60 bits per heavy atom. The number of hydrogen-bond acceptors (Lipinski definition) is 3. The molecule has 0 aliphatic rings. The van der Waals surface area contributed by atoms with Crippen LogP contribution in [0.15, 0.2) is 24.3 Å². The first kappa shape index (κ1) is 11.9. The molecule has 3 nitrogen and oxygen atoms in total. The van der Waals surface area contributed by atoms with E-state index in [4.69, 9.17) is 9.84 Å². The van der Waals surface area contributed by atoms with Gasteiger partial charge in [-0.2, -0.15) is 0 Å². The van der Waals surface area contributed by atoms with E-state index in [1.807, 2.05) is 24.3 Å². The second-order valence-electron chi connectivity index (χ2n) is 4.18. The molecular formula is C12H19NO2. The Kier molecular flexibility index (Phi) is 3.97. The predicted molar refractivity (Wildman–Crippen MR) is 62.4 cm³/mol. The van der Waals surface area contributed by atoms with E-state index in [0.29, 0.717) is 6.42 Å². The van der Waals surface area contributed by atoms with Crippen LogP contribution in [0.3, 0.4) is 0 Å². The third kappa shape index (κ3) is 3.44. The summed E-state index contributed by atoms with van der Waals surface area (Å²) in [6.07, 6.45) is 0.699. The van der Waals surface area contributed by atoms with Crippen molar-refractivity contribution in [1.82, 2.24) is 0 Å². The molecule has 0 saturated heterocycles. The molecule has 0 amide bonds. The lowest BCUT2D eigenvalue weighted by Crippen LogP contribution is -2.32. The average Bonchev–Trinajstić information content (AvgIpc) is 2.17. The van der Waals surface area contributed by atoms with Gasteiger partial charge in [-0.05, 0) is 32.4 Å². The number of aliphatic hydroxyl groups is 1. The molecular weight excluding hydrogens is 190 g/mol. The van der Waals surface area contributed by atoms with Gasteiger partial charge in [-0.15, -0.1) is 0 Å². The summed E-state index contributed by atoms with van der Waals surface area (Å²) < 4.78 is 5.24. The van der Waals surface area contributed by atoms with Crippen LogP contribution in [0.5, 0.6) is 5.75 Å². The van der Waals surface area contributed by atoms with Crippen LogP contribution in [0, 0.1) is 0 Å². The summed E-state index contributed by atoms with van der Waals surface area (Å²) >= 11 is 0. The van der Waals surface area contributed by atoms with Crippen molar-refractivity contribution >= 4 is 5.69 Å². The highest BCUT2D eigenvalue weighted by Gasteiger charge is 2.17. The van der Waals surface area contributed by atoms with Gasteiger partial charge in [-0.1, -0.05) is 12.1 Å². The topological polar surface area (TPSA) is 41.5 Å². The number of para-hydroxylation sites is 2. The average molecular weight is 209 g/mol. The summed E-state index contributed by atoms with van der Waals surface area (Å²) in [6, 6.07) is 7.78. The second-order valence-corrected chi connectivity index (χ2v) is 4.18. The third-order valence-electron chi connectivity index (χ3n) is 2.32. The fourth-order valence-corrected chi connectivity index (χ4v) is 1.45. The van der Waals surface area contributed by atoms with E-state index in [1.54, 1.807) is 7.11 Å². The molecule has 0 fully saturated rings. The van der Waals surface area contributed by atoms with E-state index in [2.05, 4.69) is 19.2 Å². The van der Waals surface area contributed by atoms with Gasteiger partial charge >= 0.3 is 0 Å². The number of ether oxygens (including phenoxy) is 1. The van der Waals surface area contributed by atoms with Crippen LogP contribution in [-0.4, -0.2) is 24.4 Å². The molecule has 0 spiro atoms. The van der Waals surface area contributed by atoms with Crippen molar-refractivity contribution in [2.45, 2.75) is 25.8 Å². The van der Waals surface area contributed by atoms with Gasteiger partial charge in [0.2, 0.25) is 0 Å². The molecule has 0 saturated carbocycles. The minimum atomic E-state index is -0.136. The van der Waals surface area contributed by atoms with Crippen LogP contribution in [-0.2, 0) is 0 Å². The van der Waals surface area contributed by atoms with Gasteiger partial charge < -0.3 is 15.2 Å². The highest BCUT2D eigenvalue weighted by molar-refractivity contribution is 5.57. The number of anilines is 1. The molecule has 0 heterocycles. The van der Waals surface area contributed by atoms with E-state index in [1.165, 1.54) is 0 Å². The van der Waals surface area contributed by atoms with Crippen LogP contribution in [0.25, 0.3) is 0 Å². The number of rotatable bonds is 5. The van der Waals surface area contributed by atoms with Crippen molar-refractivity contribution < 1.29 is 9.84 Å². The number of hydrogen-bond donors (Lipinski definition) is 2. The molecule has 0 bridgehead atoms. The lowest BCUT2D eigenvalue weighted by molar-refractivity contribution is 0.260. The molecule has 0 unspecified atom stereocenters. The summed E-state index contributed by atoms with van der Waals surface area (Å²) in [4.78, 5) is 0. The molecule has 0 atom stereocenters. The van der Waals surface area contributed by atoms with E-state index in [0.717, 1.165) is 11.4 Å². The van der Waals surface area contributed by atoms with Gasteiger partial charge in [0, 0.05) is 12.1 Å². The standard InChI is InChI=1S/C12H19NO2/c1-12(2,8-9-14)13-10-6-4-5-7-11(10)15-3/h4-7,13-14H,8-9H2,1-3H3. The fraction of sp³-hybridized carbons (Fsp3) is 0.500. The van der Waals surface area contributed by atoms with Crippen LogP contribution >= 0.6 is 0 Å². The normalized spacial score (nSPS) is 11.2. The Bertz CT molecular complexity index is 310. The lowest BCUT2D eigenvalue weighted by atomic mass is 10.0. The largest absolute Gasteiger partial charge is 0.495 e. The quantitative estimate of drug-likeness (QED) is 0.781. The van der Waals surface area contributed by atoms with Gasteiger partial charge in [0.1, 0.15) is 5.75 Å². The maximum absolute atomic E-state index is 8.94. The van der Waals surface area contributed by atoms with E-state index >= 15 is 0 Å². The Labute approximate surface area is 91.1 Å². The zero-order chi connectivity index (χ0) is 11.3. The molecule has 0 radical (unpaired) electrons. The number of nitrogens with one attached hydrogen (secondary N) is 1. The van der Waals surface area contributed by atoms with Gasteiger partial charge in [0.05, 0.1) is 12.8 Å². The first-order valence-corrected chi connectivity index (χ1v) is 5.11. The number of aliphatic hydroxyl groups excluding tert-OH is 1.